The number of carbonyl (C=O) groups excluding carboxylic acids is 1. The van der Waals surface area contributed by atoms with E-state index in [1.807, 2.05) is 0 Å². The molecule has 0 radical (unpaired) electrons. The molecule has 1 aliphatic rings. The second kappa shape index (κ2) is 5.52. The summed E-state index contributed by atoms with van der Waals surface area (Å²) < 4.78 is 5.06. The maximum atomic E-state index is 12.0. The molecular formula is C13H16ClNO2. The molecule has 1 aromatic carbocycles. The molecule has 1 N–H and O–H groups in total. The number of nitrogens with one attached hydrogen (secondary N) is 1. The van der Waals surface area contributed by atoms with Crippen LogP contribution < -0.4 is 10.1 Å². The summed E-state index contributed by atoms with van der Waals surface area (Å²) in [5.74, 6) is 0.733. The Labute approximate surface area is 106 Å². The molecule has 0 spiro atoms. The first-order valence-corrected chi connectivity index (χ1v) is 6.18. The van der Waals surface area contributed by atoms with Gasteiger partial charge in [0.2, 0.25) is 0 Å². The first kappa shape index (κ1) is 12.4. The van der Waals surface area contributed by atoms with E-state index >= 15 is 0 Å². The van der Waals surface area contributed by atoms with E-state index in [2.05, 4.69) is 5.32 Å². The molecule has 1 aliphatic heterocycles. The summed E-state index contributed by atoms with van der Waals surface area (Å²) >= 11 is 6.00. The number of methoxy groups -OCH3 is 1. The lowest BCUT2D eigenvalue weighted by Crippen LogP contribution is -2.24. The molecule has 92 valence electrons. The summed E-state index contributed by atoms with van der Waals surface area (Å²) in [6.45, 7) is 1.02. The van der Waals surface area contributed by atoms with Crippen molar-refractivity contribution in [2.75, 3.05) is 13.7 Å². The van der Waals surface area contributed by atoms with Gasteiger partial charge in [-0.15, -0.1) is 0 Å². The average Bonchev–Trinajstić information content (AvgIpc) is 2.81. The van der Waals surface area contributed by atoms with Crippen LogP contribution in [0.4, 0.5) is 0 Å². The van der Waals surface area contributed by atoms with Crippen molar-refractivity contribution >= 4 is 17.4 Å². The number of hydrogen-bond donors (Lipinski definition) is 1. The molecule has 1 saturated heterocycles. The van der Waals surface area contributed by atoms with Crippen molar-refractivity contribution in [1.82, 2.24) is 5.32 Å². The van der Waals surface area contributed by atoms with Crippen molar-refractivity contribution < 1.29 is 9.53 Å². The molecule has 4 heteroatoms. The van der Waals surface area contributed by atoms with Crippen LogP contribution >= 0.6 is 11.6 Å². The third-order valence-electron chi connectivity index (χ3n) is 3.07. The molecule has 0 amide bonds. The highest BCUT2D eigenvalue weighted by atomic mass is 35.5. The highest BCUT2D eigenvalue weighted by Gasteiger charge is 2.19. The number of ether oxygens (including phenoxy) is 1. The fraction of sp³-hybridized carbons (Fsp3) is 0.462. The Morgan fingerprint density at radius 3 is 3.00 bits per heavy atom. The van der Waals surface area contributed by atoms with E-state index in [0.717, 1.165) is 19.4 Å². The van der Waals surface area contributed by atoms with Crippen LogP contribution in [0, 0.1) is 0 Å². The molecule has 1 aromatic rings. The zero-order valence-electron chi connectivity index (χ0n) is 9.83. The lowest BCUT2D eigenvalue weighted by molar-refractivity contribution is 0.0971. The normalized spacial score (nSPS) is 19.3. The Morgan fingerprint density at radius 1 is 1.59 bits per heavy atom. The fourth-order valence-electron chi connectivity index (χ4n) is 2.11. The van der Waals surface area contributed by atoms with Crippen molar-refractivity contribution in [3.8, 4) is 5.75 Å². The summed E-state index contributed by atoms with van der Waals surface area (Å²) in [5, 5.41) is 3.80. The fourth-order valence-corrected chi connectivity index (χ4v) is 2.37. The molecule has 2 rings (SSSR count). The summed E-state index contributed by atoms with van der Waals surface area (Å²) in [6, 6.07) is 5.50. The van der Waals surface area contributed by atoms with Crippen molar-refractivity contribution in [2.24, 2.45) is 0 Å². The van der Waals surface area contributed by atoms with Gasteiger partial charge in [0.1, 0.15) is 5.75 Å². The zero-order valence-corrected chi connectivity index (χ0v) is 10.6. The summed E-state index contributed by atoms with van der Waals surface area (Å²) in [6.07, 6.45) is 2.78. The summed E-state index contributed by atoms with van der Waals surface area (Å²) in [5.41, 5.74) is 0.657. The van der Waals surface area contributed by atoms with Crippen LogP contribution in [-0.4, -0.2) is 25.5 Å². The van der Waals surface area contributed by atoms with E-state index in [1.54, 1.807) is 25.3 Å². The molecular weight excluding hydrogens is 238 g/mol. The van der Waals surface area contributed by atoms with Gasteiger partial charge in [0.25, 0.3) is 0 Å². The molecule has 1 fully saturated rings. The van der Waals surface area contributed by atoms with Crippen LogP contribution in [0.5, 0.6) is 5.75 Å². The van der Waals surface area contributed by atoms with Crippen molar-refractivity contribution in [1.29, 1.82) is 0 Å². The number of hydrogen-bond acceptors (Lipinski definition) is 3. The summed E-state index contributed by atoms with van der Waals surface area (Å²) in [4.78, 5) is 12.0. The molecule has 3 nitrogen and oxygen atoms in total. The minimum Gasteiger partial charge on any atom is -0.495 e. The van der Waals surface area contributed by atoms with Gasteiger partial charge in [-0.2, -0.15) is 0 Å². The number of carbonyl (C=O) groups is 1. The lowest BCUT2D eigenvalue weighted by atomic mass is 10.0. The predicted molar refractivity (Wildman–Crippen MR) is 68.0 cm³/mol. The topological polar surface area (TPSA) is 38.3 Å². The largest absolute Gasteiger partial charge is 0.495 e. The van der Waals surface area contributed by atoms with E-state index < -0.39 is 0 Å². The number of benzene rings is 1. The van der Waals surface area contributed by atoms with Gasteiger partial charge >= 0.3 is 0 Å². The maximum Gasteiger partial charge on any atom is 0.164 e. The molecule has 0 bridgehead atoms. The molecule has 17 heavy (non-hydrogen) atoms. The second-order valence-corrected chi connectivity index (χ2v) is 4.68. The second-order valence-electron chi connectivity index (χ2n) is 4.27. The third-order valence-corrected chi connectivity index (χ3v) is 3.36. The lowest BCUT2D eigenvalue weighted by Gasteiger charge is -2.10. The maximum absolute atomic E-state index is 12.0. The SMILES string of the molecule is COc1ccc(C(=O)CC2CCCN2)cc1Cl. The van der Waals surface area contributed by atoms with Gasteiger partial charge in [0.05, 0.1) is 12.1 Å². The molecule has 1 heterocycles. The number of Topliss-reactive ketones (excluding diaryl/α,β-unsaturated/α-hetero) is 1. The molecule has 0 saturated carbocycles. The van der Waals surface area contributed by atoms with E-state index in [-0.39, 0.29) is 5.78 Å². The van der Waals surface area contributed by atoms with E-state index in [4.69, 9.17) is 16.3 Å². The van der Waals surface area contributed by atoms with Crippen LogP contribution in [0.3, 0.4) is 0 Å². The van der Waals surface area contributed by atoms with Gasteiger partial charge < -0.3 is 10.1 Å². The molecule has 0 aliphatic carbocycles. The van der Waals surface area contributed by atoms with Gasteiger partial charge in [-0.05, 0) is 37.6 Å². The molecule has 1 unspecified atom stereocenters. The van der Waals surface area contributed by atoms with Gasteiger partial charge in [-0.25, -0.2) is 0 Å². The first-order chi connectivity index (χ1) is 8.20. The predicted octanol–water partition coefficient (Wildman–Crippen LogP) is 2.67. The van der Waals surface area contributed by atoms with E-state index in [0.29, 0.717) is 28.8 Å². The molecule has 1 atom stereocenters. The van der Waals surface area contributed by atoms with Gasteiger partial charge in [0.15, 0.2) is 5.78 Å². The van der Waals surface area contributed by atoms with E-state index in [1.165, 1.54) is 0 Å². The minimum atomic E-state index is 0.133. The van der Waals surface area contributed by atoms with Gasteiger partial charge in [0, 0.05) is 18.0 Å². The van der Waals surface area contributed by atoms with Crippen molar-refractivity contribution in [3.05, 3.63) is 28.8 Å². The van der Waals surface area contributed by atoms with E-state index in [9.17, 15) is 4.79 Å². The number of ketones is 1. The Bertz CT molecular complexity index is 414. The molecule has 0 aromatic heterocycles. The standard InChI is InChI=1S/C13H16ClNO2/c1-17-13-5-4-9(7-11(13)14)12(16)8-10-3-2-6-15-10/h4-5,7,10,15H,2-3,6,8H2,1H3. The monoisotopic (exact) mass is 253 g/mol. The number of halogens is 1. The Balaban J connectivity index is 2.05. The average molecular weight is 254 g/mol. The number of rotatable bonds is 4. The van der Waals surface area contributed by atoms with Crippen molar-refractivity contribution in [3.63, 3.8) is 0 Å². The van der Waals surface area contributed by atoms with Crippen LogP contribution in [0.1, 0.15) is 29.6 Å². The Hall–Kier alpha value is -1.06. The Kier molecular flexibility index (Phi) is 4.02. The quantitative estimate of drug-likeness (QED) is 0.839. The van der Waals surface area contributed by atoms with Crippen molar-refractivity contribution in [2.45, 2.75) is 25.3 Å². The van der Waals surface area contributed by atoms with Crippen LogP contribution in [0.2, 0.25) is 5.02 Å². The summed E-state index contributed by atoms with van der Waals surface area (Å²) in [7, 11) is 1.56. The van der Waals surface area contributed by atoms with Crippen LogP contribution in [0.15, 0.2) is 18.2 Å². The van der Waals surface area contributed by atoms with Crippen LogP contribution in [-0.2, 0) is 0 Å². The zero-order chi connectivity index (χ0) is 12.3. The van der Waals surface area contributed by atoms with Gasteiger partial charge in [-0.1, -0.05) is 11.6 Å². The van der Waals surface area contributed by atoms with Crippen LogP contribution in [0.25, 0.3) is 0 Å². The minimum absolute atomic E-state index is 0.133. The first-order valence-electron chi connectivity index (χ1n) is 5.81. The third kappa shape index (κ3) is 2.99. The Morgan fingerprint density at radius 2 is 2.41 bits per heavy atom. The van der Waals surface area contributed by atoms with Gasteiger partial charge in [-0.3, -0.25) is 4.79 Å². The highest BCUT2D eigenvalue weighted by molar-refractivity contribution is 6.32. The highest BCUT2D eigenvalue weighted by Crippen LogP contribution is 2.26. The smallest absolute Gasteiger partial charge is 0.164 e.